The standard InChI is InChI=1S/C10H16O2/c1-3-5-6-8-10(12)9(11)7-4-2/h4H,2-3,5-8H2,1H3. The predicted molar refractivity (Wildman–Crippen MR) is 49.0 cm³/mol. The second-order valence-corrected chi connectivity index (χ2v) is 2.80. The summed E-state index contributed by atoms with van der Waals surface area (Å²) in [6.07, 6.45) is 4.99. The van der Waals surface area contributed by atoms with Crippen molar-refractivity contribution in [2.24, 2.45) is 0 Å². The average Bonchev–Trinajstić information content (AvgIpc) is 2.05. The third-order valence-corrected chi connectivity index (χ3v) is 1.65. The van der Waals surface area contributed by atoms with Crippen LogP contribution in [0, 0.1) is 0 Å². The van der Waals surface area contributed by atoms with Crippen molar-refractivity contribution in [3.05, 3.63) is 12.7 Å². The molecule has 0 aromatic carbocycles. The van der Waals surface area contributed by atoms with E-state index < -0.39 is 0 Å². The lowest BCUT2D eigenvalue weighted by atomic mass is 10.1. The SMILES string of the molecule is C=CCC(=O)C(=O)CCCCC. The van der Waals surface area contributed by atoms with Crippen molar-refractivity contribution in [1.29, 1.82) is 0 Å². The predicted octanol–water partition coefficient (Wildman–Crippen LogP) is 2.28. The molecule has 0 N–H and O–H groups in total. The largest absolute Gasteiger partial charge is 0.291 e. The van der Waals surface area contributed by atoms with Crippen molar-refractivity contribution in [1.82, 2.24) is 0 Å². The van der Waals surface area contributed by atoms with Gasteiger partial charge in [-0.2, -0.15) is 0 Å². The molecule has 2 heteroatoms. The van der Waals surface area contributed by atoms with E-state index in [1.165, 1.54) is 6.08 Å². The highest BCUT2D eigenvalue weighted by Crippen LogP contribution is 2.01. The molecular weight excluding hydrogens is 152 g/mol. The van der Waals surface area contributed by atoms with E-state index in [-0.39, 0.29) is 18.0 Å². The van der Waals surface area contributed by atoms with Crippen LogP contribution in [0.25, 0.3) is 0 Å². The van der Waals surface area contributed by atoms with Crippen LogP contribution in [0.1, 0.15) is 39.0 Å². The third kappa shape index (κ3) is 4.83. The van der Waals surface area contributed by atoms with Crippen molar-refractivity contribution in [2.75, 3.05) is 0 Å². The Morgan fingerprint density at radius 3 is 2.42 bits per heavy atom. The minimum Gasteiger partial charge on any atom is -0.291 e. The smallest absolute Gasteiger partial charge is 0.202 e. The van der Waals surface area contributed by atoms with Gasteiger partial charge in [-0.25, -0.2) is 0 Å². The topological polar surface area (TPSA) is 34.1 Å². The molecule has 0 unspecified atom stereocenters. The summed E-state index contributed by atoms with van der Waals surface area (Å²) in [5, 5.41) is 0. The van der Waals surface area contributed by atoms with Crippen LogP contribution in [0.3, 0.4) is 0 Å². The first kappa shape index (κ1) is 11.1. The van der Waals surface area contributed by atoms with E-state index in [0.29, 0.717) is 6.42 Å². The van der Waals surface area contributed by atoms with E-state index in [0.717, 1.165) is 19.3 Å². The number of hydrogen-bond acceptors (Lipinski definition) is 2. The summed E-state index contributed by atoms with van der Waals surface area (Å²) in [5.74, 6) is -0.551. The second kappa shape index (κ2) is 6.77. The molecule has 0 aliphatic heterocycles. The monoisotopic (exact) mass is 168 g/mol. The van der Waals surface area contributed by atoms with Gasteiger partial charge in [-0.05, 0) is 6.42 Å². The van der Waals surface area contributed by atoms with Crippen LogP contribution in [0.5, 0.6) is 0 Å². The minimum atomic E-state index is -0.305. The van der Waals surface area contributed by atoms with Crippen molar-refractivity contribution >= 4 is 11.6 Å². The van der Waals surface area contributed by atoms with Crippen molar-refractivity contribution in [2.45, 2.75) is 39.0 Å². The third-order valence-electron chi connectivity index (χ3n) is 1.65. The summed E-state index contributed by atoms with van der Waals surface area (Å²) in [6.45, 7) is 5.47. The molecule has 0 aromatic heterocycles. The highest BCUT2D eigenvalue weighted by Gasteiger charge is 2.10. The summed E-state index contributed by atoms with van der Waals surface area (Å²) in [7, 11) is 0. The minimum absolute atomic E-state index is 0.185. The van der Waals surface area contributed by atoms with Gasteiger partial charge < -0.3 is 0 Å². The van der Waals surface area contributed by atoms with E-state index in [1.54, 1.807) is 0 Å². The fraction of sp³-hybridized carbons (Fsp3) is 0.600. The molecule has 0 aromatic rings. The van der Waals surface area contributed by atoms with Gasteiger partial charge in [-0.1, -0.05) is 25.8 Å². The lowest BCUT2D eigenvalue weighted by Crippen LogP contribution is -2.11. The van der Waals surface area contributed by atoms with Gasteiger partial charge in [0, 0.05) is 12.8 Å². The van der Waals surface area contributed by atoms with Gasteiger partial charge in [0.25, 0.3) is 0 Å². The Morgan fingerprint density at radius 2 is 1.92 bits per heavy atom. The quantitative estimate of drug-likeness (QED) is 0.332. The maximum absolute atomic E-state index is 11.0. The molecule has 0 spiro atoms. The van der Waals surface area contributed by atoms with Crippen LogP contribution in [0.4, 0.5) is 0 Å². The summed E-state index contributed by atoms with van der Waals surface area (Å²) in [6, 6.07) is 0. The van der Waals surface area contributed by atoms with Crippen LogP contribution in [0.2, 0.25) is 0 Å². The molecule has 0 saturated heterocycles. The zero-order chi connectivity index (χ0) is 9.40. The number of carbonyl (C=O) groups excluding carboxylic acids is 2. The average molecular weight is 168 g/mol. The number of unbranched alkanes of at least 4 members (excludes halogenated alkanes) is 2. The Bertz CT molecular complexity index is 171. The fourth-order valence-electron chi connectivity index (χ4n) is 0.920. The summed E-state index contributed by atoms with van der Waals surface area (Å²) in [5.41, 5.74) is 0. The number of hydrogen-bond donors (Lipinski definition) is 0. The highest BCUT2D eigenvalue weighted by atomic mass is 16.2. The number of Topliss-reactive ketones (excluding diaryl/α,β-unsaturated/α-hetero) is 2. The first-order chi connectivity index (χ1) is 5.72. The maximum atomic E-state index is 11.0. The van der Waals surface area contributed by atoms with E-state index in [2.05, 4.69) is 13.5 Å². The molecule has 0 fully saturated rings. The van der Waals surface area contributed by atoms with E-state index >= 15 is 0 Å². The lowest BCUT2D eigenvalue weighted by molar-refractivity contribution is -0.136. The fourth-order valence-corrected chi connectivity index (χ4v) is 0.920. The Balaban J connectivity index is 3.57. The molecule has 0 bridgehead atoms. The van der Waals surface area contributed by atoms with Crippen LogP contribution < -0.4 is 0 Å². The normalized spacial score (nSPS) is 9.42. The molecule has 12 heavy (non-hydrogen) atoms. The second-order valence-electron chi connectivity index (χ2n) is 2.80. The molecule has 2 nitrogen and oxygen atoms in total. The Kier molecular flexibility index (Phi) is 6.25. The first-order valence-electron chi connectivity index (χ1n) is 4.39. The molecule has 68 valence electrons. The Hall–Kier alpha value is -0.920. The molecule has 0 heterocycles. The summed E-state index contributed by atoms with van der Waals surface area (Å²) in [4.78, 5) is 21.9. The molecule has 0 atom stereocenters. The molecule has 0 radical (unpaired) electrons. The van der Waals surface area contributed by atoms with Crippen LogP contribution in [-0.4, -0.2) is 11.6 Å². The number of ketones is 2. The van der Waals surface area contributed by atoms with Gasteiger partial charge in [0.2, 0.25) is 5.78 Å². The van der Waals surface area contributed by atoms with Gasteiger partial charge in [-0.3, -0.25) is 9.59 Å². The van der Waals surface area contributed by atoms with Crippen LogP contribution >= 0.6 is 0 Å². The zero-order valence-electron chi connectivity index (χ0n) is 7.64. The molecule has 0 aliphatic rings. The van der Waals surface area contributed by atoms with Gasteiger partial charge in [-0.15, -0.1) is 6.58 Å². The Labute approximate surface area is 73.7 Å². The summed E-state index contributed by atoms with van der Waals surface area (Å²) < 4.78 is 0. The Morgan fingerprint density at radius 1 is 1.25 bits per heavy atom. The number of rotatable bonds is 7. The van der Waals surface area contributed by atoms with Crippen LogP contribution in [-0.2, 0) is 9.59 Å². The first-order valence-corrected chi connectivity index (χ1v) is 4.39. The van der Waals surface area contributed by atoms with E-state index in [1.807, 2.05) is 0 Å². The zero-order valence-corrected chi connectivity index (χ0v) is 7.64. The molecule has 0 saturated carbocycles. The highest BCUT2D eigenvalue weighted by molar-refractivity contribution is 6.37. The van der Waals surface area contributed by atoms with Crippen molar-refractivity contribution in [3.8, 4) is 0 Å². The van der Waals surface area contributed by atoms with Crippen molar-refractivity contribution < 1.29 is 9.59 Å². The molecule has 0 amide bonds. The lowest BCUT2D eigenvalue weighted by Gasteiger charge is -1.96. The molecule has 0 aliphatic carbocycles. The maximum Gasteiger partial charge on any atom is 0.202 e. The molecule has 0 rings (SSSR count). The van der Waals surface area contributed by atoms with Crippen LogP contribution in [0.15, 0.2) is 12.7 Å². The van der Waals surface area contributed by atoms with Gasteiger partial charge in [0.1, 0.15) is 0 Å². The molecular formula is C10H16O2. The van der Waals surface area contributed by atoms with Gasteiger partial charge in [0.05, 0.1) is 0 Å². The van der Waals surface area contributed by atoms with E-state index in [4.69, 9.17) is 0 Å². The van der Waals surface area contributed by atoms with Gasteiger partial charge in [0.15, 0.2) is 5.78 Å². The number of allylic oxidation sites excluding steroid dienone is 1. The summed E-state index contributed by atoms with van der Waals surface area (Å²) >= 11 is 0. The van der Waals surface area contributed by atoms with Crippen molar-refractivity contribution in [3.63, 3.8) is 0 Å². The van der Waals surface area contributed by atoms with E-state index in [9.17, 15) is 9.59 Å². The van der Waals surface area contributed by atoms with Gasteiger partial charge >= 0.3 is 0 Å². The number of carbonyl (C=O) groups is 2.